The summed E-state index contributed by atoms with van der Waals surface area (Å²) in [6, 6.07) is 11.6. The third-order valence-electron chi connectivity index (χ3n) is 3.62. The lowest BCUT2D eigenvalue weighted by Gasteiger charge is -2.14. The second kappa shape index (κ2) is 5.41. The van der Waals surface area contributed by atoms with Crippen molar-refractivity contribution in [2.75, 3.05) is 5.32 Å². The van der Waals surface area contributed by atoms with Gasteiger partial charge in [-0.05, 0) is 28.8 Å². The Balaban J connectivity index is 1.76. The van der Waals surface area contributed by atoms with Gasteiger partial charge in [0.1, 0.15) is 0 Å². The maximum atomic E-state index is 12.9. The molecular weight excluding hydrogens is 277 g/mol. The highest BCUT2D eigenvalue weighted by atomic mass is 19.4. The van der Waals surface area contributed by atoms with Crippen LogP contribution in [0, 0.1) is 0 Å². The molecule has 1 heterocycles. The molecule has 0 saturated heterocycles. The van der Waals surface area contributed by atoms with Crippen molar-refractivity contribution < 1.29 is 13.2 Å². The molecule has 5 heteroatoms. The van der Waals surface area contributed by atoms with Crippen molar-refractivity contribution in [1.29, 1.82) is 0 Å². The molecule has 2 nitrogen and oxygen atoms in total. The fourth-order valence-corrected chi connectivity index (χ4v) is 2.54. The predicted molar refractivity (Wildman–Crippen MR) is 75.8 cm³/mol. The van der Waals surface area contributed by atoms with Gasteiger partial charge in [0.2, 0.25) is 0 Å². The Bertz CT molecular complexity index is 650. The molecule has 0 amide bonds. The summed E-state index contributed by atoms with van der Waals surface area (Å²) in [6.07, 6.45) is -4.34. The Hall–Kier alpha value is -2.01. The minimum Gasteiger partial charge on any atom is -0.380 e. The van der Waals surface area contributed by atoms with Gasteiger partial charge in [0.25, 0.3) is 0 Å². The first-order valence-electron chi connectivity index (χ1n) is 6.75. The maximum absolute atomic E-state index is 12.9. The lowest BCUT2D eigenvalue weighted by Crippen LogP contribution is -2.10. The molecule has 0 aromatic heterocycles. The number of anilines is 1. The van der Waals surface area contributed by atoms with Gasteiger partial charge in [0, 0.05) is 25.3 Å². The van der Waals surface area contributed by atoms with Crippen LogP contribution in [0.2, 0.25) is 0 Å². The number of para-hydroxylation sites is 1. The van der Waals surface area contributed by atoms with E-state index in [0.29, 0.717) is 6.54 Å². The summed E-state index contributed by atoms with van der Waals surface area (Å²) in [6.45, 7) is 2.06. The SMILES string of the molecule is FC(F)(F)c1ccccc1NCc1ccc2c(c1)CNC2. The van der Waals surface area contributed by atoms with Crippen molar-refractivity contribution in [3.63, 3.8) is 0 Å². The monoisotopic (exact) mass is 292 g/mol. The minimum atomic E-state index is -4.34. The maximum Gasteiger partial charge on any atom is 0.418 e. The van der Waals surface area contributed by atoms with Crippen LogP contribution in [0.3, 0.4) is 0 Å². The Kier molecular flexibility index (Phi) is 3.59. The largest absolute Gasteiger partial charge is 0.418 e. The summed E-state index contributed by atoms with van der Waals surface area (Å²) in [5.41, 5.74) is 2.94. The average Bonchev–Trinajstić information content (AvgIpc) is 2.92. The Morgan fingerprint density at radius 2 is 1.76 bits per heavy atom. The van der Waals surface area contributed by atoms with Crippen LogP contribution in [0.1, 0.15) is 22.3 Å². The molecule has 0 radical (unpaired) electrons. The molecule has 0 atom stereocenters. The van der Waals surface area contributed by atoms with Gasteiger partial charge in [-0.25, -0.2) is 0 Å². The third kappa shape index (κ3) is 3.03. The van der Waals surface area contributed by atoms with Gasteiger partial charge >= 0.3 is 6.18 Å². The Labute approximate surface area is 121 Å². The quantitative estimate of drug-likeness (QED) is 0.896. The molecule has 0 fully saturated rings. The molecule has 1 aliphatic rings. The van der Waals surface area contributed by atoms with Crippen molar-refractivity contribution in [3.8, 4) is 0 Å². The van der Waals surface area contributed by atoms with Crippen LogP contribution in [0.15, 0.2) is 42.5 Å². The molecular formula is C16H15F3N2. The molecule has 110 valence electrons. The lowest BCUT2D eigenvalue weighted by atomic mass is 10.1. The summed E-state index contributed by atoms with van der Waals surface area (Å²) >= 11 is 0. The van der Waals surface area contributed by atoms with Gasteiger partial charge in [0.05, 0.1) is 5.56 Å². The van der Waals surface area contributed by atoms with Crippen LogP contribution in [0.4, 0.5) is 18.9 Å². The predicted octanol–water partition coefficient (Wildman–Crippen LogP) is 3.92. The van der Waals surface area contributed by atoms with Crippen molar-refractivity contribution in [2.24, 2.45) is 0 Å². The number of alkyl halides is 3. The van der Waals surface area contributed by atoms with Gasteiger partial charge in [-0.3, -0.25) is 0 Å². The van der Waals surface area contributed by atoms with Crippen molar-refractivity contribution in [1.82, 2.24) is 5.32 Å². The van der Waals surface area contributed by atoms with Crippen LogP contribution < -0.4 is 10.6 Å². The van der Waals surface area contributed by atoms with Crippen LogP contribution in [-0.4, -0.2) is 0 Å². The summed E-state index contributed by atoms with van der Waals surface area (Å²) < 4.78 is 38.7. The van der Waals surface area contributed by atoms with Crippen molar-refractivity contribution in [3.05, 3.63) is 64.7 Å². The molecule has 2 aromatic rings. The molecule has 0 saturated carbocycles. The van der Waals surface area contributed by atoms with Crippen LogP contribution in [-0.2, 0) is 25.8 Å². The fraction of sp³-hybridized carbons (Fsp3) is 0.250. The molecule has 0 spiro atoms. The fourth-order valence-electron chi connectivity index (χ4n) is 2.54. The number of rotatable bonds is 3. The summed E-state index contributed by atoms with van der Waals surface area (Å²) in [5, 5.41) is 6.14. The first-order valence-corrected chi connectivity index (χ1v) is 6.75. The summed E-state index contributed by atoms with van der Waals surface area (Å²) in [4.78, 5) is 0. The second-order valence-electron chi connectivity index (χ2n) is 5.10. The van der Waals surface area contributed by atoms with Gasteiger partial charge in [-0.15, -0.1) is 0 Å². The highest BCUT2D eigenvalue weighted by Gasteiger charge is 2.33. The highest BCUT2D eigenvalue weighted by molar-refractivity contribution is 5.53. The molecule has 2 aromatic carbocycles. The Morgan fingerprint density at radius 3 is 2.57 bits per heavy atom. The van der Waals surface area contributed by atoms with Gasteiger partial charge < -0.3 is 10.6 Å². The second-order valence-corrected chi connectivity index (χ2v) is 5.10. The standard InChI is InChI=1S/C16H15F3N2/c17-16(18,19)14-3-1-2-4-15(14)21-8-11-5-6-12-9-20-10-13(12)7-11/h1-7,20-21H,8-10H2. The van der Waals surface area contributed by atoms with Gasteiger partial charge in [0.15, 0.2) is 0 Å². The van der Waals surface area contributed by atoms with E-state index in [2.05, 4.69) is 10.6 Å². The highest BCUT2D eigenvalue weighted by Crippen LogP contribution is 2.34. The molecule has 21 heavy (non-hydrogen) atoms. The van der Waals surface area contributed by atoms with E-state index in [-0.39, 0.29) is 5.69 Å². The van der Waals surface area contributed by atoms with E-state index < -0.39 is 11.7 Å². The van der Waals surface area contributed by atoms with Gasteiger partial charge in [-0.1, -0.05) is 30.3 Å². The molecule has 0 aliphatic carbocycles. The van der Waals surface area contributed by atoms with Crippen LogP contribution in [0.25, 0.3) is 0 Å². The van der Waals surface area contributed by atoms with E-state index in [0.717, 1.165) is 24.7 Å². The van der Waals surface area contributed by atoms with E-state index >= 15 is 0 Å². The number of fused-ring (bicyclic) bond motifs is 1. The number of hydrogen-bond acceptors (Lipinski definition) is 2. The van der Waals surface area contributed by atoms with Crippen LogP contribution >= 0.6 is 0 Å². The first-order chi connectivity index (χ1) is 10.0. The summed E-state index contributed by atoms with van der Waals surface area (Å²) in [7, 11) is 0. The minimum absolute atomic E-state index is 0.114. The number of benzene rings is 2. The topological polar surface area (TPSA) is 24.1 Å². The smallest absolute Gasteiger partial charge is 0.380 e. The molecule has 2 N–H and O–H groups in total. The van der Waals surface area contributed by atoms with E-state index in [1.807, 2.05) is 18.2 Å². The first kappa shape index (κ1) is 13.9. The molecule has 0 unspecified atom stereocenters. The third-order valence-corrected chi connectivity index (χ3v) is 3.62. The van der Waals surface area contributed by atoms with E-state index in [1.165, 1.54) is 23.3 Å². The summed E-state index contributed by atoms with van der Waals surface area (Å²) in [5.74, 6) is 0. The van der Waals surface area contributed by atoms with Gasteiger partial charge in [-0.2, -0.15) is 13.2 Å². The van der Waals surface area contributed by atoms with Crippen molar-refractivity contribution in [2.45, 2.75) is 25.8 Å². The van der Waals surface area contributed by atoms with Crippen LogP contribution in [0.5, 0.6) is 0 Å². The normalized spacial score (nSPS) is 14.0. The lowest BCUT2D eigenvalue weighted by molar-refractivity contribution is -0.136. The van der Waals surface area contributed by atoms with E-state index in [1.54, 1.807) is 6.07 Å². The molecule has 3 rings (SSSR count). The number of hydrogen-bond donors (Lipinski definition) is 2. The van der Waals surface area contributed by atoms with E-state index in [4.69, 9.17) is 0 Å². The van der Waals surface area contributed by atoms with Crippen molar-refractivity contribution >= 4 is 5.69 Å². The number of nitrogens with one attached hydrogen (secondary N) is 2. The zero-order valence-electron chi connectivity index (χ0n) is 11.3. The number of halogens is 3. The zero-order chi connectivity index (χ0) is 14.9. The molecule has 0 bridgehead atoms. The van der Waals surface area contributed by atoms with E-state index in [9.17, 15) is 13.2 Å². The molecule has 1 aliphatic heterocycles. The zero-order valence-corrected chi connectivity index (χ0v) is 11.3. The Morgan fingerprint density at radius 1 is 1.00 bits per heavy atom. The average molecular weight is 292 g/mol.